The first-order valence-corrected chi connectivity index (χ1v) is 7.97. The van der Waals surface area contributed by atoms with Crippen molar-refractivity contribution in [3.05, 3.63) is 15.9 Å². The Balaban J connectivity index is 2.07. The molecule has 4 nitrogen and oxygen atoms in total. The average Bonchev–Trinajstić information content (AvgIpc) is 2.60. The molecule has 0 bridgehead atoms. The van der Waals surface area contributed by atoms with E-state index in [2.05, 4.69) is 52.0 Å². The molecule has 1 aliphatic rings. The fraction of sp³-hybridized carbons (Fsp3) is 0.786. The lowest BCUT2D eigenvalue weighted by Gasteiger charge is -2.38. The van der Waals surface area contributed by atoms with Gasteiger partial charge in [0.1, 0.15) is 0 Å². The Morgan fingerprint density at radius 2 is 2.21 bits per heavy atom. The lowest BCUT2D eigenvalue weighted by atomic mass is 10.1. The largest absolute Gasteiger partial charge is 0.311 e. The Morgan fingerprint density at radius 3 is 2.79 bits per heavy atom. The average molecular weight is 329 g/mol. The van der Waals surface area contributed by atoms with Crippen LogP contribution in [0, 0.1) is 6.92 Å². The molecular weight excluding hydrogens is 304 g/mol. The Labute approximate surface area is 124 Å². The van der Waals surface area contributed by atoms with Crippen LogP contribution in [0.4, 0.5) is 0 Å². The van der Waals surface area contributed by atoms with Gasteiger partial charge in [-0.15, -0.1) is 0 Å². The smallest absolute Gasteiger partial charge is 0.0739 e. The highest BCUT2D eigenvalue weighted by molar-refractivity contribution is 9.10. The molecule has 0 spiro atoms. The van der Waals surface area contributed by atoms with E-state index in [1.807, 2.05) is 11.7 Å². The third-order valence-electron chi connectivity index (χ3n) is 4.03. The van der Waals surface area contributed by atoms with Crippen molar-refractivity contribution in [3.8, 4) is 0 Å². The minimum Gasteiger partial charge on any atom is -0.311 e. The molecule has 2 unspecified atom stereocenters. The molecule has 1 saturated heterocycles. The number of aromatic nitrogens is 2. The summed E-state index contributed by atoms with van der Waals surface area (Å²) in [4.78, 5) is 2.57. The molecule has 0 saturated carbocycles. The maximum absolute atomic E-state index is 4.48. The standard InChI is InChI=1S/C14H25BrN4/c1-5-6-12-8-19(10(2)7-16-12)9-13-14(15)11(3)17-18(13)4/h10,12,16H,5-9H2,1-4H3. The fourth-order valence-corrected chi connectivity index (χ4v) is 3.26. The first-order valence-electron chi connectivity index (χ1n) is 7.18. The summed E-state index contributed by atoms with van der Waals surface area (Å²) < 4.78 is 3.16. The quantitative estimate of drug-likeness (QED) is 0.921. The van der Waals surface area contributed by atoms with Crippen molar-refractivity contribution in [1.29, 1.82) is 0 Å². The van der Waals surface area contributed by atoms with Gasteiger partial charge in [0.15, 0.2) is 0 Å². The van der Waals surface area contributed by atoms with E-state index in [0.29, 0.717) is 12.1 Å². The predicted octanol–water partition coefficient (Wildman–Crippen LogP) is 2.45. The van der Waals surface area contributed by atoms with E-state index in [0.717, 1.165) is 29.8 Å². The van der Waals surface area contributed by atoms with Crippen LogP contribution in [0.15, 0.2) is 4.47 Å². The lowest BCUT2D eigenvalue weighted by molar-refractivity contribution is 0.126. The van der Waals surface area contributed by atoms with Crippen LogP contribution in [0.2, 0.25) is 0 Å². The van der Waals surface area contributed by atoms with Gasteiger partial charge in [0.05, 0.1) is 15.9 Å². The van der Waals surface area contributed by atoms with Gasteiger partial charge >= 0.3 is 0 Å². The summed E-state index contributed by atoms with van der Waals surface area (Å²) >= 11 is 3.67. The zero-order chi connectivity index (χ0) is 14.0. The lowest BCUT2D eigenvalue weighted by Crippen LogP contribution is -2.54. The molecule has 0 amide bonds. The minimum atomic E-state index is 0.579. The van der Waals surface area contributed by atoms with Crippen LogP contribution in [0.25, 0.3) is 0 Å². The zero-order valence-electron chi connectivity index (χ0n) is 12.4. The highest BCUT2D eigenvalue weighted by atomic mass is 79.9. The normalized spacial score (nSPS) is 24.9. The van der Waals surface area contributed by atoms with Crippen molar-refractivity contribution in [2.45, 2.75) is 52.2 Å². The second-order valence-corrected chi connectivity index (χ2v) is 6.44. The molecule has 2 atom stereocenters. The highest BCUT2D eigenvalue weighted by Crippen LogP contribution is 2.23. The fourth-order valence-electron chi connectivity index (χ4n) is 2.80. The molecule has 2 heterocycles. The maximum Gasteiger partial charge on any atom is 0.0739 e. The Kier molecular flexibility index (Phi) is 5.03. The summed E-state index contributed by atoms with van der Waals surface area (Å²) in [5.74, 6) is 0. The van der Waals surface area contributed by atoms with E-state index in [1.54, 1.807) is 0 Å². The second kappa shape index (κ2) is 6.37. The number of piperazine rings is 1. The van der Waals surface area contributed by atoms with Gasteiger partial charge in [-0.3, -0.25) is 9.58 Å². The molecule has 1 aromatic heterocycles. The van der Waals surface area contributed by atoms with Crippen LogP contribution in [-0.4, -0.2) is 39.9 Å². The van der Waals surface area contributed by atoms with Gasteiger partial charge in [0.2, 0.25) is 0 Å². The molecule has 1 N–H and O–H groups in total. The molecule has 1 aliphatic heterocycles. The van der Waals surface area contributed by atoms with Crippen LogP contribution >= 0.6 is 15.9 Å². The van der Waals surface area contributed by atoms with Gasteiger partial charge in [-0.25, -0.2) is 0 Å². The van der Waals surface area contributed by atoms with Gasteiger partial charge in [-0.1, -0.05) is 13.3 Å². The summed E-state index contributed by atoms with van der Waals surface area (Å²) in [7, 11) is 2.03. The van der Waals surface area contributed by atoms with Gasteiger partial charge in [-0.05, 0) is 36.2 Å². The molecule has 1 fully saturated rings. The molecule has 2 rings (SSSR count). The zero-order valence-corrected chi connectivity index (χ0v) is 14.0. The topological polar surface area (TPSA) is 33.1 Å². The van der Waals surface area contributed by atoms with Crippen molar-refractivity contribution >= 4 is 15.9 Å². The van der Waals surface area contributed by atoms with Crippen molar-refractivity contribution < 1.29 is 0 Å². The van der Waals surface area contributed by atoms with Crippen LogP contribution < -0.4 is 5.32 Å². The van der Waals surface area contributed by atoms with E-state index in [1.165, 1.54) is 18.5 Å². The summed E-state index contributed by atoms with van der Waals surface area (Å²) in [5, 5.41) is 8.13. The van der Waals surface area contributed by atoms with Gasteiger partial charge in [0.25, 0.3) is 0 Å². The number of hydrogen-bond donors (Lipinski definition) is 1. The number of rotatable bonds is 4. The Hall–Kier alpha value is -0.390. The molecular formula is C14H25BrN4. The molecule has 1 aromatic rings. The van der Waals surface area contributed by atoms with Crippen molar-refractivity contribution in [2.75, 3.05) is 13.1 Å². The summed E-state index contributed by atoms with van der Waals surface area (Å²) in [5.41, 5.74) is 2.35. The SMILES string of the molecule is CCCC1CN(Cc2c(Br)c(C)nn2C)C(C)CN1. The second-order valence-electron chi connectivity index (χ2n) is 5.64. The molecule has 0 radical (unpaired) electrons. The van der Waals surface area contributed by atoms with Crippen molar-refractivity contribution in [1.82, 2.24) is 20.0 Å². The first-order chi connectivity index (χ1) is 9.02. The number of halogens is 1. The molecule has 0 aliphatic carbocycles. The highest BCUT2D eigenvalue weighted by Gasteiger charge is 2.26. The molecule has 5 heteroatoms. The Morgan fingerprint density at radius 1 is 1.47 bits per heavy atom. The van der Waals surface area contributed by atoms with Gasteiger partial charge in [0, 0.05) is 38.8 Å². The summed E-state index contributed by atoms with van der Waals surface area (Å²) in [6.07, 6.45) is 2.50. The number of aryl methyl sites for hydroxylation is 2. The monoisotopic (exact) mass is 328 g/mol. The van der Waals surface area contributed by atoms with E-state index in [4.69, 9.17) is 0 Å². The minimum absolute atomic E-state index is 0.579. The van der Waals surface area contributed by atoms with E-state index >= 15 is 0 Å². The number of nitrogens with one attached hydrogen (secondary N) is 1. The van der Waals surface area contributed by atoms with Crippen molar-refractivity contribution in [3.63, 3.8) is 0 Å². The maximum atomic E-state index is 4.48. The van der Waals surface area contributed by atoms with Crippen molar-refractivity contribution in [2.24, 2.45) is 7.05 Å². The molecule has 19 heavy (non-hydrogen) atoms. The summed E-state index contributed by atoms with van der Waals surface area (Å²) in [6.45, 7) is 9.79. The first kappa shape index (κ1) is 15.0. The summed E-state index contributed by atoms with van der Waals surface area (Å²) in [6, 6.07) is 1.21. The third-order valence-corrected chi connectivity index (χ3v) is 5.06. The van der Waals surface area contributed by atoms with E-state index < -0.39 is 0 Å². The molecule has 0 aromatic carbocycles. The third kappa shape index (κ3) is 3.38. The van der Waals surface area contributed by atoms with Crippen LogP contribution in [0.1, 0.15) is 38.1 Å². The Bertz CT molecular complexity index is 429. The van der Waals surface area contributed by atoms with Gasteiger partial charge < -0.3 is 5.32 Å². The predicted molar refractivity (Wildman–Crippen MR) is 82.2 cm³/mol. The van der Waals surface area contributed by atoms with Gasteiger partial charge in [-0.2, -0.15) is 5.10 Å². The molecule has 108 valence electrons. The van der Waals surface area contributed by atoms with Crippen LogP contribution in [0.3, 0.4) is 0 Å². The van der Waals surface area contributed by atoms with E-state index in [9.17, 15) is 0 Å². The van der Waals surface area contributed by atoms with Crippen LogP contribution in [0.5, 0.6) is 0 Å². The number of hydrogen-bond acceptors (Lipinski definition) is 3. The van der Waals surface area contributed by atoms with Crippen LogP contribution in [-0.2, 0) is 13.6 Å². The number of nitrogens with zero attached hydrogens (tertiary/aromatic N) is 3. The van der Waals surface area contributed by atoms with E-state index in [-0.39, 0.29) is 0 Å².